The summed E-state index contributed by atoms with van der Waals surface area (Å²) in [4.78, 5) is 27.4. The molecule has 0 aromatic carbocycles. The number of nitrogens with one attached hydrogen (secondary N) is 1. The average Bonchev–Trinajstić information content (AvgIpc) is 3.23. The van der Waals surface area contributed by atoms with E-state index in [1.807, 2.05) is 28.6 Å². The molecule has 0 saturated carbocycles. The Kier molecular flexibility index (Phi) is 3.38. The summed E-state index contributed by atoms with van der Waals surface area (Å²) in [5, 5.41) is 1.93. The van der Waals surface area contributed by atoms with Crippen LogP contribution in [0.1, 0.15) is 29.6 Å². The van der Waals surface area contributed by atoms with Crippen molar-refractivity contribution in [1.29, 1.82) is 0 Å². The molecule has 1 amide bonds. The fourth-order valence-electron chi connectivity index (χ4n) is 2.81. The molecule has 3 aromatic rings. The number of aromatic nitrogens is 3. The van der Waals surface area contributed by atoms with E-state index in [9.17, 15) is 4.79 Å². The first kappa shape index (κ1) is 13.5. The Morgan fingerprint density at radius 1 is 1.27 bits per heavy atom. The Bertz CT molecular complexity index is 816. The molecule has 112 valence electrons. The Labute approximate surface area is 132 Å². The smallest absolute Gasteiger partial charge is 0.254 e. The van der Waals surface area contributed by atoms with E-state index in [4.69, 9.17) is 0 Å². The first-order valence-corrected chi connectivity index (χ1v) is 8.37. The zero-order valence-electron chi connectivity index (χ0n) is 12.1. The first-order chi connectivity index (χ1) is 10.8. The molecular formula is C16H16N4OS. The molecule has 0 atom stereocenters. The summed E-state index contributed by atoms with van der Waals surface area (Å²) >= 11 is 1.55. The maximum Gasteiger partial charge on any atom is 0.254 e. The normalized spacial score (nSPS) is 15.4. The van der Waals surface area contributed by atoms with Gasteiger partial charge < -0.3 is 9.88 Å². The van der Waals surface area contributed by atoms with E-state index in [-0.39, 0.29) is 5.91 Å². The van der Waals surface area contributed by atoms with Crippen LogP contribution < -0.4 is 0 Å². The van der Waals surface area contributed by atoms with E-state index in [0.29, 0.717) is 0 Å². The molecule has 1 N–H and O–H groups in total. The van der Waals surface area contributed by atoms with Gasteiger partial charge in [0, 0.05) is 24.7 Å². The Balaban J connectivity index is 1.61. The number of H-pyrrole nitrogens is 1. The lowest BCUT2D eigenvalue weighted by Crippen LogP contribution is -2.35. The van der Waals surface area contributed by atoms with Gasteiger partial charge in [0.2, 0.25) is 0 Å². The van der Waals surface area contributed by atoms with Gasteiger partial charge in [0.15, 0.2) is 5.65 Å². The van der Waals surface area contributed by atoms with Crippen molar-refractivity contribution in [3.8, 4) is 10.6 Å². The topological polar surface area (TPSA) is 61.9 Å². The van der Waals surface area contributed by atoms with Crippen molar-refractivity contribution in [2.45, 2.75) is 19.3 Å². The van der Waals surface area contributed by atoms with Gasteiger partial charge in [-0.3, -0.25) is 4.79 Å². The van der Waals surface area contributed by atoms with Gasteiger partial charge in [0.05, 0.1) is 22.3 Å². The molecule has 4 heterocycles. The molecule has 22 heavy (non-hydrogen) atoms. The number of hydrogen-bond acceptors (Lipinski definition) is 4. The van der Waals surface area contributed by atoms with Crippen LogP contribution in [0.5, 0.6) is 0 Å². The highest BCUT2D eigenvalue weighted by Crippen LogP contribution is 2.27. The Hall–Kier alpha value is -2.21. The van der Waals surface area contributed by atoms with Crippen LogP contribution in [0.15, 0.2) is 29.9 Å². The molecule has 6 heteroatoms. The van der Waals surface area contributed by atoms with Gasteiger partial charge in [-0.1, -0.05) is 0 Å². The van der Waals surface area contributed by atoms with Crippen molar-refractivity contribution in [3.63, 3.8) is 0 Å². The van der Waals surface area contributed by atoms with Crippen LogP contribution >= 0.6 is 11.3 Å². The Morgan fingerprint density at radius 2 is 2.14 bits per heavy atom. The fraction of sp³-hybridized carbons (Fsp3) is 0.312. The zero-order chi connectivity index (χ0) is 14.9. The highest BCUT2D eigenvalue weighted by atomic mass is 32.1. The van der Waals surface area contributed by atoms with Crippen LogP contribution in [0.3, 0.4) is 0 Å². The first-order valence-electron chi connectivity index (χ1n) is 7.49. The lowest BCUT2D eigenvalue weighted by Gasteiger charge is -2.26. The molecule has 1 fully saturated rings. The minimum Gasteiger partial charge on any atom is -0.345 e. The minimum atomic E-state index is 0.137. The van der Waals surface area contributed by atoms with E-state index >= 15 is 0 Å². The largest absolute Gasteiger partial charge is 0.345 e. The molecule has 0 radical (unpaired) electrons. The van der Waals surface area contributed by atoms with Crippen molar-refractivity contribution < 1.29 is 4.79 Å². The van der Waals surface area contributed by atoms with Crippen LogP contribution in [0.25, 0.3) is 21.7 Å². The van der Waals surface area contributed by atoms with Crippen molar-refractivity contribution >= 4 is 28.4 Å². The van der Waals surface area contributed by atoms with Gasteiger partial charge in [0.25, 0.3) is 5.91 Å². The number of nitrogens with zero attached hydrogens (tertiary/aromatic N) is 3. The molecule has 0 unspecified atom stereocenters. The van der Waals surface area contributed by atoms with E-state index < -0.39 is 0 Å². The SMILES string of the molecule is O=C(c1csc(-c2cnc3[nH]ccc3n2)c1)N1CCCCC1. The van der Waals surface area contributed by atoms with Gasteiger partial charge in [0.1, 0.15) is 5.52 Å². The molecule has 1 aliphatic heterocycles. The van der Waals surface area contributed by atoms with Crippen molar-refractivity contribution in [2.75, 3.05) is 13.1 Å². The zero-order valence-corrected chi connectivity index (χ0v) is 12.9. The summed E-state index contributed by atoms with van der Waals surface area (Å²) in [6.07, 6.45) is 7.02. The standard InChI is InChI=1S/C16H16N4OS/c21-16(20-6-2-1-3-7-20)11-8-14(22-10-11)13-9-18-15-12(19-13)4-5-17-15/h4-5,8-10H,1-3,6-7H2,(H,17,18). The third-order valence-electron chi connectivity index (χ3n) is 4.00. The second-order valence-corrected chi connectivity index (χ2v) is 6.43. The molecule has 4 rings (SSSR count). The summed E-state index contributed by atoms with van der Waals surface area (Å²) < 4.78 is 0. The van der Waals surface area contributed by atoms with Gasteiger partial charge in [-0.15, -0.1) is 11.3 Å². The number of piperidine rings is 1. The number of rotatable bonds is 2. The monoisotopic (exact) mass is 312 g/mol. The van der Waals surface area contributed by atoms with Crippen LogP contribution in [0.4, 0.5) is 0 Å². The quantitative estimate of drug-likeness (QED) is 0.789. The number of carbonyl (C=O) groups is 1. The molecule has 1 aliphatic rings. The van der Waals surface area contributed by atoms with E-state index in [0.717, 1.165) is 53.2 Å². The number of hydrogen-bond donors (Lipinski definition) is 1. The highest BCUT2D eigenvalue weighted by Gasteiger charge is 2.19. The van der Waals surface area contributed by atoms with Crippen molar-refractivity contribution in [2.24, 2.45) is 0 Å². The van der Waals surface area contributed by atoms with Gasteiger partial charge in [-0.2, -0.15) is 0 Å². The number of aromatic amines is 1. The lowest BCUT2D eigenvalue weighted by molar-refractivity contribution is 0.0725. The van der Waals surface area contributed by atoms with Crippen molar-refractivity contribution in [1.82, 2.24) is 19.9 Å². The predicted octanol–water partition coefficient (Wildman–Crippen LogP) is 3.31. The minimum absolute atomic E-state index is 0.137. The van der Waals surface area contributed by atoms with E-state index in [2.05, 4.69) is 15.0 Å². The second-order valence-electron chi connectivity index (χ2n) is 5.52. The molecule has 5 nitrogen and oxygen atoms in total. The summed E-state index contributed by atoms with van der Waals surface area (Å²) in [6, 6.07) is 3.84. The van der Waals surface area contributed by atoms with Gasteiger partial charge >= 0.3 is 0 Å². The maximum absolute atomic E-state index is 12.5. The van der Waals surface area contributed by atoms with E-state index in [1.165, 1.54) is 6.42 Å². The van der Waals surface area contributed by atoms with Crippen LogP contribution in [-0.4, -0.2) is 38.8 Å². The van der Waals surface area contributed by atoms with E-state index in [1.54, 1.807) is 17.5 Å². The number of thiophene rings is 1. The fourth-order valence-corrected chi connectivity index (χ4v) is 3.65. The number of carbonyl (C=O) groups excluding carboxylic acids is 1. The predicted molar refractivity (Wildman–Crippen MR) is 87.0 cm³/mol. The van der Waals surface area contributed by atoms with Gasteiger partial charge in [-0.25, -0.2) is 9.97 Å². The number of amides is 1. The lowest BCUT2D eigenvalue weighted by atomic mass is 10.1. The average molecular weight is 312 g/mol. The van der Waals surface area contributed by atoms with Crippen LogP contribution in [0.2, 0.25) is 0 Å². The summed E-state index contributed by atoms with van der Waals surface area (Å²) in [5.74, 6) is 0.137. The molecule has 1 saturated heterocycles. The third kappa shape index (κ3) is 2.39. The third-order valence-corrected chi connectivity index (χ3v) is 4.96. The van der Waals surface area contributed by atoms with Crippen LogP contribution in [-0.2, 0) is 0 Å². The maximum atomic E-state index is 12.5. The molecule has 0 aliphatic carbocycles. The number of fused-ring (bicyclic) bond motifs is 1. The summed E-state index contributed by atoms with van der Waals surface area (Å²) in [7, 11) is 0. The molecular weight excluding hydrogens is 296 g/mol. The molecule has 3 aromatic heterocycles. The highest BCUT2D eigenvalue weighted by molar-refractivity contribution is 7.13. The number of likely N-dealkylation sites (tertiary alicyclic amines) is 1. The Morgan fingerprint density at radius 3 is 3.00 bits per heavy atom. The second kappa shape index (κ2) is 5.53. The molecule has 0 spiro atoms. The molecule has 0 bridgehead atoms. The van der Waals surface area contributed by atoms with Crippen molar-refractivity contribution in [3.05, 3.63) is 35.5 Å². The summed E-state index contributed by atoms with van der Waals surface area (Å²) in [5.41, 5.74) is 3.20. The van der Waals surface area contributed by atoms with Crippen LogP contribution in [0, 0.1) is 0 Å². The summed E-state index contributed by atoms with van der Waals surface area (Å²) in [6.45, 7) is 1.75. The van der Waals surface area contributed by atoms with Gasteiger partial charge in [-0.05, 0) is 31.4 Å².